The van der Waals surface area contributed by atoms with E-state index in [2.05, 4.69) is 0 Å². The summed E-state index contributed by atoms with van der Waals surface area (Å²) in [6, 6.07) is 6.82. The quantitative estimate of drug-likeness (QED) is 0.929. The van der Waals surface area contributed by atoms with Crippen molar-refractivity contribution in [2.45, 2.75) is 13.5 Å². The summed E-state index contributed by atoms with van der Waals surface area (Å²) in [4.78, 5) is 12.9. The minimum absolute atomic E-state index is 0.110. The Bertz CT molecular complexity index is 606. The molecule has 1 heterocycles. The van der Waals surface area contributed by atoms with Crippen LogP contribution in [0, 0.1) is 6.92 Å². The molecule has 0 aliphatic rings. The van der Waals surface area contributed by atoms with E-state index in [9.17, 15) is 4.79 Å². The van der Waals surface area contributed by atoms with E-state index in [1.807, 2.05) is 24.9 Å². The molecule has 0 fully saturated rings. The number of furan rings is 1. The van der Waals surface area contributed by atoms with Crippen molar-refractivity contribution in [3.8, 4) is 0 Å². The van der Waals surface area contributed by atoms with E-state index in [0.717, 1.165) is 17.0 Å². The average Bonchev–Trinajstić information content (AvgIpc) is 2.74. The highest BCUT2D eigenvalue weighted by Gasteiger charge is 2.12. The molecule has 0 saturated carbocycles. The number of rotatable bonds is 4. The molecule has 0 bridgehead atoms. The number of aryl methyl sites for hydroxylation is 1. The summed E-state index contributed by atoms with van der Waals surface area (Å²) in [5, 5.41) is 9.17. The maximum absolute atomic E-state index is 10.9. The molecule has 0 aliphatic heterocycles. The largest absolute Gasteiger partial charge is 0.478 e. The van der Waals surface area contributed by atoms with Gasteiger partial charge in [0.05, 0.1) is 16.8 Å². The first kappa shape index (κ1) is 13.5. The Morgan fingerprint density at radius 2 is 2.16 bits per heavy atom. The van der Waals surface area contributed by atoms with Gasteiger partial charge in [-0.3, -0.25) is 0 Å². The zero-order chi connectivity index (χ0) is 14.0. The number of carbonyl (C=O) groups is 1. The van der Waals surface area contributed by atoms with Crippen LogP contribution < -0.4 is 4.90 Å². The van der Waals surface area contributed by atoms with Crippen molar-refractivity contribution in [2.75, 3.05) is 11.9 Å². The molecule has 1 aromatic carbocycles. The maximum atomic E-state index is 10.9. The molecule has 0 amide bonds. The smallest absolute Gasteiger partial charge is 0.337 e. The monoisotopic (exact) mass is 279 g/mol. The Morgan fingerprint density at radius 1 is 1.42 bits per heavy atom. The number of hydrogen-bond acceptors (Lipinski definition) is 3. The highest BCUT2D eigenvalue weighted by Crippen LogP contribution is 2.24. The number of carboxylic acids is 1. The number of carboxylic acid groups (broad SMARTS) is 1. The first-order valence-corrected chi connectivity index (χ1v) is 6.14. The van der Waals surface area contributed by atoms with Crippen molar-refractivity contribution < 1.29 is 14.3 Å². The fraction of sp³-hybridized carbons (Fsp3) is 0.214. The maximum Gasteiger partial charge on any atom is 0.337 e. The van der Waals surface area contributed by atoms with Gasteiger partial charge in [-0.05, 0) is 31.2 Å². The number of benzene rings is 1. The van der Waals surface area contributed by atoms with Crippen LogP contribution in [0.2, 0.25) is 5.02 Å². The van der Waals surface area contributed by atoms with Gasteiger partial charge in [-0.25, -0.2) is 4.79 Å². The Balaban J connectivity index is 2.20. The van der Waals surface area contributed by atoms with Crippen LogP contribution >= 0.6 is 11.6 Å². The minimum Gasteiger partial charge on any atom is -0.478 e. The van der Waals surface area contributed by atoms with E-state index in [1.54, 1.807) is 18.4 Å². The Hall–Kier alpha value is -1.94. The summed E-state index contributed by atoms with van der Waals surface area (Å²) in [5.41, 5.74) is 2.05. The molecule has 2 rings (SSSR count). The number of aromatic carboxylic acids is 1. The van der Waals surface area contributed by atoms with Crippen molar-refractivity contribution in [2.24, 2.45) is 0 Å². The molecule has 0 atom stereocenters. The van der Waals surface area contributed by atoms with Crippen LogP contribution in [0.25, 0.3) is 0 Å². The van der Waals surface area contributed by atoms with Crippen LogP contribution in [0.4, 0.5) is 5.69 Å². The van der Waals surface area contributed by atoms with Crippen LogP contribution in [-0.2, 0) is 6.54 Å². The van der Waals surface area contributed by atoms with E-state index >= 15 is 0 Å². The number of nitrogens with zero attached hydrogens (tertiary/aromatic N) is 1. The van der Waals surface area contributed by atoms with Gasteiger partial charge in [0, 0.05) is 24.8 Å². The molecule has 0 saturated heterocycles. The molecular formula is C14H14ClNO3. The highest BCUT2D eigenvalue weighted by molar-refractivity contribution is 6.33. The standard InChI is InChI=1S/C14H14ClNO3/c1-9-10(5-6-19-9)8-16(2)11-3-4-12(14(17)18)13(15)7-11/h3-7H,8H2,1-2H3,(H,17,18). The van der Waals surface area contributed by atoms with Crippen molar-refractivity contribution in [3.63, 3.8) is 0 Å². The average molecular weight is 280 g/mol. The van der Waals surface area contributed by atoms with Crippen LogP contribution in [0.3, 0.4) is 0 Å². The fourth-order valence-corrected chi connectivity index (χ4v) is 2.09. The molecule has 4 nitrogen and oxygen atoms in total. The lowest BCUT2D eigenvalue weighted by atomic mass is 10.2. The number of halogens is 1. The van der Waals surface area contributed by atoms with Gasteiger partial charge in [-0.1, -0.05) is 11.6 Å². The molecule has 0 spiro atoms. The van der Waals surface area contributed by atoms with Gasteiger partial charge in [0.2, 0.25) is 0 Å². The van der Waals surface area contributed by atoms with Gasteiger partial charge in [-0.15, -0.1) is 0 Å². The summed E-state index contributed by atoms with van der Waals surface area (Å²) in [6.07, 6.45) is 1.65. The normalized spacial score (nSPS) is 10.5. The molecule has 1 aromatic heterocycles. The van der Waals surface area contributed by atoms with Crippen LogP contribution in [0.1, 0.15) is 21.7 Å². The van der Waals surface area contributed by atoms with Gasteiger partial charge < -0.3 is 14.4 Å². The van der Waals surface area contributed by atoms with Gasteiger partial charge in [-0.2, -0.15) is 0 Å². The van der Waals surface area contributed by atoms with Gasteiger partial charge >= 0.3 is 5.97 Å². The SMILES string of the molecule is Cc1occc1CN(C)c1ccc(C(=O)O)c(Cl)c1. The molecule has 19 heavy (non-hydrogen) atoms. The predicted molar refractivity (Wildman–Crippen MR) is 74.0 cm³/mol. The van der Waals surface area contributed by atoms with Crippen molar-refractivity contribution >= 4 is 23.3 Å². The van der Waals surface area contributed by atoms with Crippen LogP contribution in [0.15, 0.2) is 34.9 Å². The van der Waals surface area contributed by atoms with Crippen LogP contribution in [-0.4, -0.2) is 18.1 Å². The lowest BCUT2D eigenvalue weighted by molar-refractivity contribution is 0.0697. The third-order valence-corrected chi connectivity index (χ3v) is 3.31. The summed E-state index contributed by atoms with van der Waals surface area (Å²) >= 11 is 5.96. The Kier molecular flexibility index (Phi) is 3.81. The minimum atomic E-state index is -1.02. The van der Waals surface area contributed by atoms with Gasteiger partial charge in [0.1, 0.15) is 5.76 Å². The van der Waals surface area contributed by atoms with E-state index in [4.69, 9.17) is 21.1 Å². The zero-order valence-corrected chi connectivity index (χ0v) is 11.4. The third kappa shape index (κ3) is 2.90. The molecule has 1 N–H and O–H groups in total. The molecule has 0 aliphatic carbocycles. The van der Waals surface area contributed by atoms with E-state index in [-0.39, 0.29) is 10.6 Å². The van der Waals surface area contributed by atoms with E-state index < -0.39 is 5.97 Å². The second kappa shape index (κ2) is 5.36. The summed E-state index contributed by atoms with van der Waals surface area (Å²) in [7, 11) is 1.92. The number of anilines is 1. The molecule has 0 unspecified atom stereocenters. The zero-order valence-electron chi connectivity index (χ0n) is 10.7. The molecule has 0 radical (unpaired) electrons. The second-order valence-corrected chi connectivity index (χ2v) is 4.73. The van der Waals surface area contributed by atoms with E-state index in [1.165, 1.54) is 6.07 Å². The first-order valence-electron chi connectivity index (χ1n) is 5.76. The highest BCUT2D eigenvalue weighted by atomic mass is 35.5. The summed E-state index contributed by atoms with van der Waals surface area (Å²) < 4.78 is 5.25. The lowest BCUT2D eigenvalue weighted by Crippen LogP contribution is -2.16. The molecule has 100 valence electrons. The molecule has 5 heteroatoms. The van der Waals surface area contributed by atoms with Crippen molar-refractivity contribution in [1.82, 2.24) is 0 Å². The molecule has 2 aromatic rings. The summed E-state index contributed by atoms with van der Waals surface area (Å²) in [6.45, 7) is 2.58. The van der Waals surface area contributed by atoms with Crippen molar-refractivity contribution in [1.29, 1.82) is 0 Å². The van der Waals surface area contributed by atoms with E-state index in [0.29, 0.717) is 6.54 Å². The van der Waals surface area contributed by atoms with Crippen LogP contribution in [0.5, 0.6) is 0 Å². The topological polar surface area (TPSA) is 53.7 Å². The van der Waals surface area contributed by atoms with Gasteiger partial charge in [0.15, 0.2) is 0 Å². The number of hydrogen-bond donors (Lipinski definition) is 1. The Labute approximate surface area is 116 Å². The first-order chi connectivity index (χ1) is 8.99. The van der Waals surface area contributed by atoms with Gasteiger partial charge in [0.25, 0.3) is 0 Å². The van der Waals surface area contributed by atoms with Crippen molar-refractivity contribution in [3.05, 3.63) is 52.4 Å². The lowest BCUT2D eigenvalue weighted by Gasteiger charge is -2.19. The predicted octanol–water partition coefficient (Wildman–Crippen LogP) is 3.58. The summed E-state index contributed by atoms with van der Waals surface area (Å²) in [5.74, 6) is -0.148. The Morgan fingerprint density at radius 3 is 2.68 bits per heavy atom. The molecular weight excluding hydrogens is 266 g/mol. The second-order valence-electron chi connectivity index (χ2n) is 4.33. The fourth-order valence-electron chi connectivity index (χ4n) is 1.84. The third-order valence-electron chi connectivity index (χ3n) is 3.00.